The summed E-state index contributed by atoms with van der Waals surface area (Å²) in [4.78, 5) is 2.52. The molecule has 0 aliphatic carbocycles. The standard InChI is InChI=1S/C50H39NSSi2/c1-53(2)45-22-10-8-19-40(45)43-30-35(24-27-46(43)53)51(34-16-11-15-33(29-34)38-20-12-14-32-13-5-6-17-37(32)38)36-23-25-42-48(31-36)54(3,4)47-28-26-41-39-18-7-9-21-44(39)52-50(41)49(42)47/h5-31H,1-4H3. The predicted octanol–water partition coefficient (Wildman–Crippen LogP) is 12.0. The fourth-order valence-electron chi connectivity index (χ4n) is 9.71. The molecule has 258 valence electrons. The highest BCUT2D eigenvalue weighted by molar-refractivity contribution is 7.26. The summed E-state index contributed by atoms with van der Waals surface area (Å²) in [5.41, 5.74) is 11.8. The van der Waals surface area contributed by atoms with E-state index in [2.05, 4.69) is 195 Å². The molecular formula is C50H39NSSi2. The van der Waals surface area contributed by atoms with Gasteiger partial charge in [-0.25, -0.2) is 0 Å². The quantitative estimate of drug-likeness (QED) is 0.162. The summed E-state index contributed by atoms with van der Waals surface area (Å²) in [6, 6.07) is 62.1. The van der Waals surface area contributed by atoms with Crippen LogP contribution < -0.4 is 25.6 Å². The van der Waals surface area contributed by atoms with Crippen molar-refractivity contribution in [3.8, 4) is 33.4 Å². The van der Waals surface area contributed by atoms with E-state index in [0.717, 1.165) is 0 Å². The minimum atomic E-state index is -2.02. The Labute approximate surface area is 322 Å². The zero-order valence-electron chi connectivity index (χ0n) is 30.9. The Morgan fingerprint density at radius 3 is 1.96 bits per heavy atom. The molecule has 0 radical (unpaired) electrons. The first kappa shape index (κ1) is 32.0. The fraction of sp³-hybridized carbons (Fsp3) is 0.0800. The van der Waals surface area contributed by atoms with E-state index in [-0.39, 0.29) is 0 Å². The number of nitrogens with zero attached hydrogens (tertiary/aromatic N) is 1. The van der Waals surface area contributed by atoms with Crippen molar-refractivity contribution in [1.29, 1.82) is 0 Å². The van der Waals surface area contributed by atoms with Gasteiger partial charge >= 0.3 is 0 Å². The first-order valence-electron chi connectivity index (χ1n) is 19.0. The monoisotopic (exact) mass is 741 g/mol. The van der Waals surface area contributed by atoms with Crippen LogP contribution in [-0.4, -0.2) is 16.1 Å². The summed E-state index contributed by atoms with van der Waals surface area (Å²) < 4.78 is 2.80. The molecule has 0 unspecified atom stereocenters. The number of hydrogen-bond acceptors (Lipinski definition) is 2. The molecule has 9 aromatic rings. The predicted molar refractivity (Wildman–Crippen MR) is 241 cm³/mol. The Bertz CT molecular complexity index is 3020. The van der Waals surface area contributed by atoms with Crippen LogP contribution in [0.25, 0.3) is 64.3 Å². The maximum Gasteiger partial charge on any atom is 0.114 e. The molecule has 0 atom stereocenters. The number of benzene rings is 8. The molecule has 0 amide bonds. The third kappa shape index (κ3) is 4.48. The molecule has 0 N–H and O–H groups in total. The molecule has 0 spiro atoms. The lowest BCUT2D eigenvalue weighted by Gasteiger charge is -2.29. The highest BCUT2D eigenvalue weighted by Gasteiger charge is 2.40. The molecule has 1 aromatic heterocycles. The zero-order valence-corrected chi connectivity index (χ0v) is 33.8. The van der Waals surface area contributed by atoms with Crippen molar-refractivity contribution in [2.45, 2.75) is 26.2 Å². The molecule has 3 heterocycles. The first-order chi connectivity index (χ1) is 26.3. The van der Waals surface area contributed by atoms with E-state index in [1.165, 1.54) is 96.9 Å². The lowest BCUT2D eigenvalue weighted by Crippen LogP contribution is -2.49. The van der Waals surface area contributed by atoms with Gasteiger partial charge in [-0.1, -0.05) is 148 Å². The molecule has 0 saturated carbocycles. The zero-order chi connectivity index (χ0) is 36.3. The highest BCUT2D eigenvalue weighted by Crippen LogP contribution is 2.45. The van der Waals surface area contributed by atoms with Gasteiger partial charge in [0.1, 0.15) is 16.1 Å². The second kappa shape index (κ2) is 11.5. The van der Waals surface area contributed by atoms with E-state index < -0.39 is 16.1 Å². The normalized spacial score (nSPS) is 14.6. The van der Waals surface area contributed by atoms with Gasteiger partial charge in [-0.05, 0) is 107 Å². The van der Waals surface area contributed by atoms with E-state index in [4.69, 9.17) is 0 Å². The van der Waals surface area contributed by atoms with Crippen LogP contribution in [0.5, 0.6) is 0 Å². The summed E-state index contributed by atoms with van der Waals surface area (Å²) in [6.07, 6.45) is 0. The van der Waals surface area contributed by atoms with Crippen LogP contribution in [0.4, 0.5) is 17.1 Å². The van der Waals surface area contributed by atoms with Gasteiger partial charge in [0.25, 0.3) is 0 Å². The van der Waals surface area contributed by atoms with Gasteiger partial charge in [0, 0.05) is 37.2 Å². The molecule has 2 aliphatic heterocycles. The molecule has 54 heavy (non-hydrogen) atoms. The Morgan fingerprint density at radius 1 is 0.407 bits per heavy atom. The minimum Gasteiger partial charge on any atom is -0.310 e. The van der Waals surface area contributed by atoms with Gasteiger partial charge in [-0.15, -0.1) is 11.3 Å². The van der Waals surface area contributed by atoms with Crippen LogP contribution in [0, 0.1) is 0 Å². The van der Waals surface area contributed by atoms with Gasteiger partial charge in [-0.3, -0.25) is 0 Å². The molecule has 11 rings (SSSR count). The van der Waals surface area contributed by atoms with Crippen molar-refractivity contribution < 1.29 is 0 Å². The summed E-state index contributed by atoms with van der Waals surface area (Å²) in [5, 5.41) is 11.4. The molecule has 0 fully saturated rings. The van der Waals surface area contributed by atoms with Crippen LogP contribution in [0.15, 0.2) is 164 Å². The molecular weight excluding hydrogens is 703 g/mol. The van der Waals surface area contributed by atoms with Crippen molar-refractivity contribution in [3.63, 3.8) is 0 Å². The number of rotatable bonds is 4. The minimum absolute atomic E-state index is 1.17. The molecule has 4 heteroatoms. The Kier molecular flexibility index (Phi) is 6.80. The fourth-order valence-corrected chi connectivity index (χ4v) is 17.2. The lowest BCUT2D eigenvalue weighted by atomic mass is 9.97. The summed E-state index contributed by atoms with van der Waals surface area (Å²) in [6.45, 7) is 10.1. The highest BCUT2D eigenvalue weighted by atomic mass is 32.1. The van der Waals surface area contributed by atoms with Gasteiger partial charge in [0.05, 0.1) is 0 Å². The number of anilines is 3. The van der Waals surface area contributed by atoms with Crippen molar-refractivity contribution in [2.75, 3.05) is 4.90 Å². The maximum atomic E-state index is 2.55. The van der Waals surface area contributed by atoms with E-state index in [0.29, 0.717) is 0 Å². The van der Waals surface area contributed by atoms with E-state index in [1.807, 2.05) is 11.3 Å². The summed E-state index contributed by atoms with van der Waals surface area (Å²) >= 11 is 1.96. The molecule has 1 nitrogen and oxygen atoms in total. The SMILES string of the molecule is C[Si]1(C)c2ccccc2-c2cc(N(c3cccc(-c4cccc5ccccc45)c3)c3ccc4c(c3)[Si](C)(C)c3ccc5c(sc6ccccc65)c3-4)ccc21. The molecule has 8 aromatic carbocycles. The number of fused-ring (bicyclic) bond motifs is 11. The van der Waals surface area contributed by atoms with Crippen molar-refractivity contribution in [2.24, 2.45) is 0 Å². The van der Waals surface area contributed by atoms with Gasteiger partial charge in [0.15, 0.2) is 0 Å². The van der Waals surface area contributed by atoms with Gasteiger partial charge in [0.2, 0.25) is 0 Å². The summed E-state index contributed by atoms with van der Waals surface area (Å²) in [5.74, 6) is 0. The average molecular weight is 742 g/mol. The van der Waals surface area contributed by atoms with Crippen LogP contribution >= 0.6 is 11.3 Å². The maximum absolute atomic E-state index is 2.55. The first-order valence-corrected chi connectivity index (χ1v) is 25.8. The van der Waals surface area contributed by atoms with Crippen molar-refractivity contribution >= 4 is 96.2 Å². The number of hydrogen-bond donors (Lipinski definition) is 0. The van der Waals surface area contributed by atoms with Crippen molar-refractivity contribution in [3.05, 3.63) is 164 Å². The number of thiophene rings is 1. The molecule has 2 aliphatic rings. The third-order valence-electron chi connectivity index (χ3n) is 12.5. The van der Waals surface area contributed by atoms with Crippen LogP contribution in [-0.2, 0) is 0 Å². The lowest BCUT2D eigenvalue weighted by molar-refractivity contribution is 1.29. The van der Waals surface area contributed by atoms with E-state index >= 15 is 0 Å². The second-order valence-corrected chi connectivity index (χ2v) is 25.8. The molecule has 0 bridgehead atoms. The Balaban J connectivity index is 1.13. The average Bonchev–Trinajstić information content (AvgIpc) is 3.77. The summed E-state index contributed by atoms with van der Waals surface area (Å²) in [7, 11) is -3.81. The van der Waals surface area contributed by atoms with Crippen LogP contribution in [0.1, 0.15) is 0 Å². The third-order valence-corrected chi connectivity index (χ3v) is 20.7. The van der Waals surface area contributed by atoms with Crippen LogP contribution in [0.3, 0.4) is 0 Å². The van der Waals surface area contributed by atoms with Gasteiger partial charge in [-0.2, -0.15) is 0 Å². The van der Waals surface area contributed by atoms with Gasteiger partial charge < -0.3 is 4.90 Å². The Hall–Kier alpha value is -5.53. The Morgan fingerprint density at radius 2 is 1.06 bits per heavy atom. The van der Waals surface area contributed by atoms with Crippen molar-refractivity contribution in [1.82, 2.24) is 0 Å². The topological polar surface area (TPSA) is 3.24 Å². The van der Waals surface area contributed by atoms with E-state index in [1.54, 1.807) is 5.19 Å². The van der Waals surface area contributed by atoms with Crippen LogP contribution in [0.2, 0.25) is 26.2 Å². The largest absolute Gasteiger partial charge is 0.310 e. The second-order valence-electron chi connectivity index (χ2n) is 16.1. The van der Waals surface area contributed by atoms with E-state index in [9.17, 15) is 0 Å². The smallest absolute Gasteiger partial charge is 0.114 e. The molecule has 0 saturated heterocycles.